The van der Waals surface area contributed by atoms with Crippen LogP contribution in [0.15, 0.2) is 65.7 Å². The highest BCUT2D eigenvalue weighted by atomic mass is 31.2. The van der Waals surface area contributed by atoms with E-state index >= 15 is 0 Å². The molecule has 2 rings (SSSR count). The van der Waals surface area contributed by atoms with E-state index in [2.05, 4.69) is 4.99 Å². The van der Waals surface area contributed by atoms with Crippen molar-refractivity contribution in [1.82, 2.24) is 0 Å². The van der Waals surface area contributed by atoms with Gasteiger partial charge in [0.15, 0.2) is 6.29 Å². The van der Waals surface area contributed by atoms with Crippen LogP contribution in [0.25, 0.3) is 0 Å². The van der Waals surface area contributed by atoms with Gasteiger partial charge in [0.2, 0.25) is 0 Å². The molecule has 0 aliphatic rings. The number of nitriles is 1. The van der Waals surface area contributed by atoms with Gasteiger partial charge in [-0.2, -0.15) is 5.26 Å². The van der Waals surface area contributed by atoms with Gasteiger partial charge in [-0.15, -0.1) is 0 Å². The first kappa shape index (κ1) is 14.8. The fourth-order valence-corrected chi connectivity index (χ4v) is 2.86. The minimum Gasteiger partial charge on any atom is -0.415 e. The number of rotatable bonds is 6. The summed E-state index contributed by atoms with van der Waals surface area (Å²) in [5.74, 6) is 0.841. The standard InChI is InChI=1S/C15H13N2O3P/c16-11-12-17-13-21(18,19-14-7-3-1-4-8-14)20-15-9-5-2-6-10-15/h1-10,12H,13H2. The lowest BCUT2D eigenvalue weighted by atomic mass is 10.3. The van der Waals surface area contributed by atoms with E-state index < -0.39 is 7.60 Å². The summed E-state index contributed by atoms with van der Waals surface area (Å²) in [6.45, 7) is 0. The molecule has 0 amide bonds. The van der Waals surface area contributed by atoms with Crippen molar-refractivity contribution in [2.45, 2.75) is 0 Å². The summed E-state index contributed by atoms with van der Waals surface area (Å²) in [4.78, 5) is 3.76. The number of hydrogen-bond acceptors (Lipinski definition) is 5. The van der Waals surface area contributed by atoms with Crippen molar-refractivity contribution in [2.75, 3.05) is 6.29 Å². The molecule has 0 saturated carbocycles. The van der Waals surface area contributed by atoms with E-state index in [1.54, 1.807) is 54.6 Å². The van der Waals surface area contributed by atoms with Crippen LogP contribution in [-0.4, -0.2) is 12.5 Å². The second-order valence-electron chi connectivity index (χ2n) is 4.00. The van der Waals surface area contributed by atoms with E-state index in [4.69, 9.17) is 14.3 Å². The predicted octanol–water partition coefficient (Wildman–Crippen LogP) is 3.89. The van der Waals surface area contributed by atoms with Gasteiger partial charge >= 0.3 is 7.60 Å². The first-order chi connectivity index (χ1) is 10.2. The van der Waals surface area contributed by atoms with E-state index in [0.717, 1.165) is 6.21 Å². The molecule has 0 saturated heterocycles. The van der Waals surface area contributed by atoms with Crippen molar-refractivity contribution in [3.8, 4) is 17.6 Å². The zero-order valence-electron chi connectivity index (χ0n) is 11.1. The monoisotopic (exact) mass is 300 g/mol. The molecular formula is C15H13N2O3P. The van der Waals surface area contributed by atoms with Gasteiger partial charge in [-0.1, -0.05) is 36.4 Å². The molecule has 0 unspecified atom stereocenters. The average Bonchev–Trinajstić information content (AvgIpc) is 2.49. The maximum atomic E-state index is 12.8. The maximum absolute atomic E-state index is 12.8. The summed E-state index contributed by atoms with van der Waals surface area (Å²) in [5, 5.41) is 8.47. The Labute approximate surface area is 123 Å². The number of para-hydroxylation sites is 2. The lowest BCUT2D eigenvalue weighted by Crippen LogP contribution is -2.04. The fraction of sp³-hybridized carbons (Fsp3) is 0.0667. The Hall–Kier alpha value is -2.57. The first-order valence-corrected chi connectivity index (χ1v) is 7.91. The van der Waals surface area contributed by atoms with Gasteiger partial charge in [0.25, 0.3) is 0 Å². The summed E-state index contributed by atoms with van der Waals surface area (Å²) < 4.78 is 23.7. The van der Waals surface area contributed by atoms with Gasteiger partial charge in [-0.05, 0) is 24.3 Å². The largest absolute Gasteiger partial charge is 0.452 e. The van der Waals surface area contributed by atoms with Crippen LogP contribution < -0.4 is 9.05 Å². The molecule has 0 heterocycles. The third-order valence-electron chi connectivity index (χ3n) is 2.38. The minimum atomic E-state index is -3.54. The molecule has 6 heteroatoms. The lowest BCUT2D eigenvalue weighted by Gasteiger charge is -2.18. The zero-order chi connectivity index (χ0) is 15.0. The van der Waals surface area contributed by atoms with Gasteiger partial charge in [-0.25, -0.2) is 4.57 Å². The normalized spacial score (nSPS) is 11.0. The van der Waals surface area contributed by atoms with Crippen LogP contribution in [0.2, 0.25) is 0 Å². The molecule has 0 fully saturated rings. The quantitative estimate of drug-likeness (QED) is 0.599. The van der Waals surface area contributed by atoms with Gasteiger partial charge < -0.3 is 9.05 Å². The summed E-state index contributed by atoms with van der Waals surface area (Å²) in [6, 6.07) is 19.2. The zero-order valence-corrected chi connectivity index (χ0v) is 12.0. The second-order valence-corrected chi connectivity index (χ2v) is 5.87. The number of hydrogen-bond donors (Lipinski definition) is 0. The van der Waals surface area contributed by atoms with Crippen LogP contribution in [-0.2, 0) is 4.57 Å². The van der Waals surface area contributed by atoms with Crippen LogP contribution in [0.5, 0.6) is 11.5 Å². The molecule has 0 aliphatic carbocycles. The predicted molar refractivity (Wildman–Crippen MR) is 80.7 cm³/mol. The molecule has 0 bridgehead atoms. The minimum absolute atomic E-state index is 0.232. The summed E-state index contributed by atoms with van der Waals surface area (Å²) in [6.07, 6.45) is 0.777. The third-order valence-corrected chi connectivity index (χ3v) is 3.87. The highest BCUT2D eigenvalue weighted by molar-refractivity contribution is 7.54. The summed E-state index contributed by atoms with van der Waals surface area (Å²) in [5.41, 5.74) is 0. The van der Waals surface area contributed by atoms with Gasteiger partial charge in [0.05, 0.1) is 6.21 Å². The van der Waals surface area contributed by atoms with Gasteiger partial charge in [-0.3, -0.25) is 4.99 Å². The summed E-state index contributed by atoms with van der Waals surface area (Å²) >= 11 is 0. The highest BCUT2D eigenvalue weighted by Crippen LogP contribution is 2.48. The van der Waals surface area contributed by atoms with E-state index in [1.165, 1.54) is 0 Å². The van der Waals surface area contributed by atoms with Crippen LogP contribution in [0, 0.1) is 11.3 Å². The van der Waals surface area contributed by atoms with Crippen LogP contribution in [0.3, 0.4) is 0 Å². The number of benzene rings is 2. The molecule has 106 valence electrons. The van der Waals surface area contributed by atoms with E-state index in [0.29, 0.717) is 11.5 Å². The Kier molecular flexibility index (Phi) is 5.14. The van der Waals surface area contributed by atoms with Crippen LogP contribution in [0.4, 0.5) is 0 Å². The van der Waals surface area contributed by atoms with Crippen molar-refractivity contribution >= 4 is 13.8 Å². The Morgan fingerprint density at radius 1 is 1.00 bits per heavy atom. The first-order valence-electron chi connectivity index (χ1n) is 6.18. The Bertz CT molecular complexity index is 636. The highest BCUT2D eigenvalue weighted by Gasteiger charge is 2.27. The molecule has 21 heavy (non-hydrogen) atoms. The molecule has 0 radical (unpaired) electrons. The summed E-state index contributed by atoms with van der Waals surface area (Å²) in [7, 11) is -3.54. The van der Waals surface area contributed by atoms with E-state index in [-0.39, 0.29) is 6.29 Å². The molecule has 0 aliphatic heterocycles. The van der Waals surface area contributed by atoms with Crippen molar-refractivity contribution in [2.24, 2.45) is 4.99 Å². The maximum Gasteiger partial charge on any atom is 0.452 e. The van der Waals surface area contributed by atoms with Gasteiger partial charge in [0, 0.05) is 0 Å². The van der Waals surface area contributed by atoms with Crippen molar-refractivity contribution in [3.63, 3.8) is 0 Å². The third kappa shape index (κ3) is 4.79. The van der Waals surface area contributed by atoms with E-state index in [1.807, 2.05) is 12.1 Å². The molecule has 2 aromatic rings. The molecular weight excluding hydrogens is 287 g/mol. The fourth-order valence-electron chi connectivity index (χ4n) is 1.54. The molecule has 0 atom stereocenters. The Balaban J connectivity index is 2.20. The average molecular weight is 300 g/mol. The number of nitrogens with zero attached hydrogens (tertiary/aromatic N) is 2. The SMILES string of the molecule is N#CC=NCP(=O)(Oc1ccccc1)Oc1ccccc1. The van der Waals surface area contributed by atoms with Crippen molar-refractivity contribution < 1.29 is 13.6 Å². The Morgan fingerprint density at radius 2 is 1.48 bits per heavy atom. The van der Waals surface area contributed by atoms with Crippen LogP contribution in [0.1, 0.15) is 0 Å². The van der Waals surface area contributed by atoms with Crippen molar-refractivity contribution in [3.05, 3.63) is 60.7 Å². The lowest BCUT2D eigenvalue weighted by molar-refractivity contribution is 0.387. The smallest absolute Gasteiger partial charge is 0.415 e. The van der Waals surface area contributed by atoms with Gasteiger partial charge in [0.1, 0.15) is 17.6 Å². The van der Waals surface area contributed by atoms with Crippen LogP contribution >= 0.6 is 7.60 Å². The van der Waals surface area contributed by atoms with Crippen molar-refractivity contribution in [1.29, 1.82) is 5.26 Å². The van der Waals surface area contributed by atoms with E-state index in [9.17, 15) is 4.57 Å². The molecule has 0 aromatic heterocycles. The molecule has 5 nitrogen and oxygen atoms in total. The molecule has 0 N–H and O–H groups in total. The Morgan fingerprint density at radius 3 is 1.90 bits per heavy atom. The molecule has 0 spiro atoms. The topological polar surface area (TPSA) is 71.7 Å². The molecule has 2 aromatic carbocycles. The number of aliphatic imine (C=N–C) groups is 1. The second kappa shape index (κ2) is 7.28.